The maximum atomic E-state index is 11.5. The Morgan fingerprint density at radius 2 is 2.05 bits per heavy atom. The van der Waals surface area contributed by atoms with Crippen molar-refractivity contribution in [3.8, 4) is 0 Å². The lowest BCUT2D eigenvalue weighted by Gasteiger charge is -2.25. The minimum Gasteiger partial charge on any atom is -0.378 e. The zero-order valence-electron chi connectivity index (χ0n) is 12.8. The second-order valence-electron chi connectivity index (χ2n) is 5.47. The van der Waals surface area contributed by atoms with Crippen molar-refractivity contribution in [2.45, 2.75) is 33.0 Å². The van der Waals surface area contributed by atoms with E-state index < -0.39 is 9.84 Å². The van der Waals surface area contributed by atoms with Crippen LogP contribution in [0.2, 0.25) is 0 Å². The van der Waals surface area contributed by atoms with Gasteiger partial charge in [-0.2, -0.15) is 0 Å². The zero-order valence-corrected chi connectivity index (χ0v) is 14.4. The Balaban J connectivity index is 2.11. The van der Waals surface area contributed by atoms with E-state index in [9.17, 15) is 8.42 Å². The molecular formula is C13H23N3O3S2. The summed E-state index contributed by atoms with van der Waals surface area (Å²) in [5.41, 5.74) is 0.944. The molecule has 1 aliphatic heterocycles. The number of nitrogens with zero attached hydrogens (tertiary/aromatic N) is 2. The number of aromatic nitrogens is 1. The molecule has 1 fully saturated rings. The highest BCUT2D eigenvalue weighted by Gasteiger charge is 2.24. The van der Waals surface area contributed by atoms with Crippen LogP contribution < -0.4 is 10.2 Å². The predicted molar refractivity (Wildman–Crippen MR) is 85.7 cm³/mol. The van der Waals surface area contributed by atoms with E-state index in [-0.39, 0.29) is 11.5 Å². The van der Waals surface area contributed by atoms with Crippen molar-refractivity contribution in [3.05, 3.63) is 10.6 Å². The van der Waals surface area contributed by atoms with Crippen LogP contribution in [0.5, 0.6) is 0 Å². The third-order valence-corrected chi connectivity index (χ3v) is 6.10. The standard InChI is InChI=1S/C13H23N3O3S2/c1-10(2)14-8-12-11(9-19-3)15-13(20-12)16-4-6-21(17,18)7-5-16/h10,14H,4-9H2,1-3H3. The molecule has 2 heterocycles. The fourth-order valence-electron chi connectivity index (χ4n) is 2.09. The van der Waals surface area contributed by atoms with Crippen molar-refractivity contribution in [1.82, 2.24) is 10.3 Å². The Hall–Kier alpha value is -0.700. The third-order valence-electron chi connectivity index (χ3n) is 3.33. The predicted octanol–water partition coefficient (Wildman–Crippen LogP) is 1.02. The van der Waals surface area contributed by atoms with Crippen molar-refractivity contribution in [1.29, 1.82) is 0 Å². The molecule has 0 atom stereocenters. The van der Waals surface area contributed by atoms with Gasteiger partial charge in [0.25, 0.3) is 0 Å². The molecule has 120 valence electrons. The minimum atomic E-state index is -2.86. The lowest BCUT2D eigenvalue weighted by Crippen LogP contribution is -2.40. The van der Waals surface area contributed by atoms with Crippen LogP contribution in [0.15, 0.2) is 0 Å². The molecule has 1 saturated heterocycles. The summed E-state index contributed by atoms with van der Waals surface area (Å²) in [6, 6.07) is 0.408. The fraction of sp³-hybridized carbons (Fsp3) is 0.769. The molecule has 0 spiro atoms. The first kappa shape index (κ1) is 16.7. The number of rotatable bonds is 6. The number of methoxy groups -OCH3 is 1. The molecular weight excluding hydrogens is 310 g/mol. The Kier molecular flexibility index (Phi) is 5.59. The Bertz CT molecular complexity index is 555. The first-order valence-electron chi connectivity index (χ1n) is 7.07. The highest BCUT2D eigenvalue weighted by Crippen LogP contribution is 2.28. The quantitative estimate of drug-likeness (QED) is 0.838. The molecule has 2 rings (SSSR count). The molecule has 6 nitrogen and oxygen atoms in total. The number of anilines is 1. The Morgan fingerprint density at radius 1 is 1.38 bits per heavy atom. The molecule has 1 aromatic rings. The monoisotopic (exact) mass is 333 g/mol. The van der Waals surface area contributed by atoms with Gasteiger partial charge in [0.15, 0.2) is 15.0 Å². The average Bonchev–Trinajstić information content (AvgIpc) is 2.80. The highest BCUT2D eigenvalue weighted by atomic mass is 32.2. The van der Waals surface area contributed by atoms with Gasteiger partial charge >= 0.3 is 0 Å². The SMILES string of the molecule is COCc1nc(N2CCS(=O)(=O)CC2)sc1CNC(C)C. The molecule has 0 saturated carbocycles. The maximum absolute atomic E-state index is 11.5. The van der Waals surface area contributed by atoms with Gasteiger partial charge in [0.1, 0.15) is 0 Å². The molecule has 0 aromatic carbocycles. The van der Waals surface area contributed by atoms with Crippen LogP contribution in [-0.2, 0) is 27.7 Å². The van der Waals surface area contributed by atoms with Crippen molar-refractivity contribution in [2.75, 3.05) is 36.6 Å². The first-order valence-corrected chi connectivity index (χ1v) is 9.71. The average molecular weight is 333 g/mol. The van der Waals surface area contributed by atoms with E-state index in [2.05, 4.69) is 29.0 Å². The van der Waals surface area contributed by atoms with Crippen LogP contribution in [0, 0.1) is 0 Å². The molecule has 0 unspecified atom stereocenters. The highest BCUT2D eigenvalue weighted by molar-refractivity contribution is 7.91. The van der Waals surface area contributed by atoms with Crippen molar-refractivity contribution in [3.63, 3.8) is 0 Å². The smallest absolute Gasteiger partial charge is 0.185 e. The van der Waals surface area contributed by atoms with E-state index in [1.807, 2.05) is 0 Å². The second-order valence-corrected chi connectivity index (χ2v) is 8.84. The lowest BCUT2D eigenvalue weighted by atomic mass is 10.3. The summed E-state index contributed by atoms with van der Waals surface area (Å²) < 4.78 is 28.2. The van der Waals surface area contributed by atoms with E-state index in [1.54, 1.807) is 18.4 Å². The van der Waals surface area contributed by atoms with Gasteiger partial charge in [0, 0.05) is 37.7 Å². The van der Waals surface area contributed by atoms with Crippen LogP contribution in [0.1, 0.15) is 24.4 Å². The molecule has 0 bridgehead atoms. The van der Waals surface area contributed by atoms with Crippen LogP contribution in [0.3, 0.4) is 0 Å². The summed E-state index contributed by atoms with van der Waals surface area (Å²) in [5.74, 6) is 0.428. The first-order chi connectivity index (χ1) is 9.91. The summed E-state index contributed by atoms with van der Waals surface area (Å²) in [6.45, 7) is 6.51. The van der Waals surface area contributed by atoms with Gasteiger partial charge in [-0.05, 0) is 0 Å². The van der Waals surface area contributed by atoms with Gasteiger partial charge < -0.3 is 15.0 Å². The van der Waals surface area contributed by atoms with Gasteiger partial charge in [-0.25, -0.2) is 13.4 Å². The molecule has 1 aromatic heterocycles. The number of thiazole rings is 1. The van der Waals surface area contributed by atoms with E-state index in [0.29, 0.717) is 25.7 Å². The Labute approximate surface area is 130 Å². The molecule has 8 heteroatoms. The normalized spacial score (nSPS) is 18.4. The Morgan fingerprint density at radius 3 is 2.62 bits per heavy atom. The van der Waals surface area contributed by atoms with E-state index in [0.717, 1.165) is 22.2 Å². The third kappa shape index (κ3) is 4.64. The largest absolute Gasteiger partial charge is 0.378 e. The van der Waals surface area contributed by atoms with E-state index in [4.69, 9.17) is 4.74 Å². The second kappa shape index (κ2) is 7.04. The van der Waals surface area contributed by atoms with Gasteiger partial charge in [0.05, 0.1) is 23.8 Å². The number of sulfone groups is 1. The van der Waals surface area contributed by atoms with Crippen molar-refractivity contribution < 1.29 is 13.2 Å². The lowest BCUT2D eigenvalue weighted by molar-refractivity contribution is 0.181. The number of nitrogens with one attached hydrogen (secondary N) is 1. The van der Waals surface area contributed by atoms with E-state index in [1.165, 1.54) is 0 Å². The molecule has 1 aliphatic rings. The van der Waals surface area contributed by atoms with Crippen LogP contribution in [-0.4, -0.2) is 51.1 Å². The van der Waals surface area contributed by atoms with Gasteiger partial charge in [0.2, 0.25) is 0 Å². The van der Waals surface area contributed by atoms with Gasteiger partial charge in [-0.1, -0.05) is 13.8 Å². The fourth-order valence-corrected chi connectivity index (χ4v) is 4.36. The van der Waals surface area contributed by atoms with Crippen molar-refractivity contribution in [2.24, 2.45) is 0 Å². The summed E-state index contributed by atoms with van der Waals surface area (Å²) in [7, 11) is -1.20. The molecule has 0 radical (unpaired) electrons. The number of hydrogen-bond donors (Lipinski definition) is 1. The molecule has 0 amide bonds. The van der Waals surface area contributed by atoms with Gasteiger partial charge in [-0.15, -0.1) is 11.3 Å². The zero-order chi connectivity index (χ0) is 15.5. The summed E-state index contributed by atoms with van der Waals surface area (Å²) >= 11 is 1.63. The maximum Gasteiger partial charge on any atom is 0.185 e. The minimum absolute atomic E-state index is 0.214. The number of ether oxygens (including phenoxy) is 1. The van der Waals surface area contributed by atoms with Gasteiger partial charge in [-0.3, -0.25) is 0 Å². The van der Waals surface area contributed by atoms with Crippen molar-refractivity contribution >= 4 is 26.3 Å². The van der Waals surface area contributed by atoms with Crippen LogP contribution in [0.25, 0.3) is 0 Å². The summed E-state index contributed by atoms with van der Waals surface area (Å²) in [5, 5.41) is 4.29. The molecule has 21 heavy (non-hydrogen) atoms. The molecule has 0 aliphatic carbocycles. The summed E-state index contributed by atoms with van der Waals surface area (Å²) in [4.78, 5) is 7.85. The molecule has 1 N–H and O–H groups in total. The summed E-state index contributed by atoms with van der Waals surface area (Å²) in [6.07, 6.45) is 0. The van der Waals surface area contributed by atoms with Crippen LogP contribution in [0.4, 0.5) is 5.13 Å². The number of hydrogen-bond acceptors (Lipinski definition) is 7. The van der Waals surface area contributed by atoms with Crippen LogP contribution >= 0.6 is 11.3 Å². The topological polar surface area (TPSA) is 71.5 Å². The van der Waals surface area contributed by atoms with E-state index >= 15 is 0 Å².